The third-order valence-electron chi connectivity index (χ3n) is 1.30. The van der Waals surface area contributed by atoms with Crippen LogP contribution in [-0.2, 0) is 16.1 Å². The Kier molecular flexibility index (Phi) is 2.85. The van der Waals surface area contributed by atoms with Crippen LogP contribution < -0.4 is 0 Å². The van der Waals surface area contributed by atoms with Gasteiger partial charge in [0, 0.05) is 12.3 Å². The molecule has 12 heavy (non-hydrogen) atoms. The second-order valence-corrected chi connectivity index (χ2v) is 2.36. The molecule has 1 radical (unpaired) electrons. The van der Waals surface area contributed by atoms with Crippen molar-refractivity contribution in [3.8, 4) is 0 Å². The number of nitrogens with zero attached hydrogens (tertiary/aromatic N) is 2. The van der Waals surface area contributed by atoms with Gasteiger partial charge in [-0.15, -0.1) is 0 Å². The van der Waals surface area contributed by atoms with Crippen LogP contribution in [0.1, 0.15) is 12.6 Å². The van der Waals surface area contributed by atoms with Gasteiger partial charge in [-0.1, -0.05) is 0 Å². The van der Waals surface area contributed by atoms with E-state index in [2.05, 4.69) is 11.2 Å². The summed E-state index contributed by atoms with van der Waals surface area (Å²) in [6.45, 7) is 4.17. The number of carbonyl (C=O) groups is 1. The molecule has 0 saturated heterocycles. The van der Waals surface area contributed by atoms with Crippen molar-refractivity contribution in [2.45, 2.75) is 20.4 Å². The predicted molar refractivity (Wildman–Crippen MR) is 42.4 cm³/mol. The molecule has 0 N–H and O–H groups in total. The fourth-order valence-corrected chi connectivity index (χ4v) is 0.838. The fraction of sp³-hybridized carbons (Fsp3) is 0.500. The molecule has 0 spiro atoms. The average Bonchev–Trinajstić information content (AvgIpc) is 2.36. The lowest BCUT2D eigenvalue weighted by Gasteiger charge is -2.00. The number of aromatic nitrogens is 2. The molecular weight excluding hydrogens is 156 g/mol. The predicted octanol–water partition coefficient (Wildman–Crippen LogP) is 0.555. The highest BCUT2D eigenvalue weighted by Crippen LogP contribution is 1.92. The molecule has 0 aliphatic rings. The molecular formula is C8H11N2O2. The molecule has 0 saturated carbocycles. The van der Waals surface area contributed by atoms with Crippen molar-refractivity contribution < 1.29 is 9.53 Å². The van der Waals surface area contributed by atoms with E-state index in [0.29, 0.717) is 6.61 Å². The van der Waals surface area contributed by atoms with E-state index in [1.807, 2.05) is 6.92 Å². The quantitative estimate of drug-likeness (QED) is 0.618. The van der Waals surface area contributed by atoms with Gasteiger partial charge in [0.15, 0.2) is 0 Å². The summed E-state index contributed by atoms with van der Waals surface area (Å²) in [7, 11) is 0. The van der Waals surface area contributed by atoms with Gasteiger partial charge in [0.1, 0.15) is 6.54 Å². The zero-order valence-electron chi connectivity index (χ0n) is 7.20. The summed E-state index contributed by atoms with van der Waals surface area (Å²) in [5, 5.41) is 3.99. The molecule has 1 heterocycles. The van der Waals surface area contributed by atoms with Gasteiger partial charge in [-0.3, -0.25) is 9.48 Å². The second-order valence-electron chi connectivity index (χ2n) is 2.36. The van der Waals surface area contributed by atoms with Crippen molar-refractivity contribution in [3.63, 3.8) is 0 Å². The number of carbonyl (C=O) groups excluding carboxylic acids is 1. The summed E-state index contributed by atoms with van der Waals surface area (Å²) >= 11 is 0. The zero-order valence-corrected chi connectivity index (χ0v) is 7.20. The monoisotopic (exact) mass is 167 g/mol. The van der Waals surface area contributed by atoms with E-state index in [0.717, 1.165) is 5.69 Å². The highest BCUT2D eigenvalue weighted by Gasteiger charge is 2.02. The van der Waals surface area contributed by atoms with Crippen molar-refractivity contribution in [2.24, 2.45) is 0 Å². The summed E-state index contributed by atoms with van der Waals surface area (Å²) in [5.41, 5.74) is 0.777. The largest absolute Gasteiger partial charge is 0.465 e. The molecule has 1 aromatic heterocycles. The van der Waals surface area contributed by atoms with Gasteiger partial charge in [-0.05, 0) is 13.8 Å². The van der Waals surface area contributed by atoms with Crippen LogP contribution in [0.4, 0.5) is 0 Å². The first-order valence-electron chi connectivity index (χ1n) is 3.79. The molecule has 1 rings (SSSR count). The van der Waals surface area contributed by atoms with Crippen molar-refractivity contribution in [1.82, 2.24) is 9.78 Å². The molecule has 4 nitrogen and oxygen atoms in total. The average molecular weight is 167 g/mol. The minimum Gasteiger partial charge on any atom is -0.465 e. The first kappa shape index (κ1) is 8.77. The molecule has 4 heteroatoms. The van der Waals surface area contributed by atoms with Crippen LogP contribution in [0.5, 0.6) is 0 Å². The maximum atomic E-state index is 10.9. The molecule has 0 aliphatic carbocycles. The van der Waals surface area contributed by atoms with E-state index in [1.165, 1.54) is 4.68 Å². The second kappa shape index (κ2) is 3.90. The molecule has 0 unspecified atom stereocenters. The summed E-state index contributed by atoms with van der Waals surface area (Å²) in [6, 6.07) is 2.86. The summed E-state index contributed by atoms with van der Waals surface area (Å²) in [6.07, 6.45) is 1.63. The van der Waals surface area contributed by atoms with Gasteiger partial charge in [-0.25, -0.2) is 0 Å². The van der Waals surface area contributed by atoms with E-state index in [-0.39, 0.29) is 12.5 Å². The number of rotatable bonds is 3. The first-order chi connectivity index (χ1) is 5.72. The van der Waals surface area contributed by atoms with Gasteiger partial charge in [0.2, 0.25) is 0 Å². The number of esters is 1. The summed E-state index contributed by atoms with van der Waals surface area (Å²) < 4.78 is 6.25. The van der Waals surface area contributed by atoms with Gasteiger partial charge < -0.3 is 4.74 Å². The van der Waals surface area contributed by atoms with Gasteiger partial charge in [0.25, 0.3) is 0 Å². The van der Waals surface area contributed by atoms with Crippen LogP contribution >= 0.6 is 0 Å². The standard InChI is InChI=1S/C8H11N2O2/c1-3-12-8(11)6-10-5-4-7(2)9-10/h5H,3,6H2,1-2H3. The zero-order chi connectivity index (χ0) is 8.97. The van der Waals surface area contributed by atoms with Gasteiger partial charge in [-0.2, -0.15) is 5.10 Å². The van der Waals surface area contributed by atoms with E-state index in [4.69, 9.17) is 4.74 Å². The van der Waals surface area contributed by atoms with E-state index >= 15 is 0 Å². The first-order valence-corrected chi connectivity index (χ1v) is 3.79. The van der Waals surface area contributed by atoms with E-state index in [1.54, 1.807) is 13.1 Å². The van der Waals surface area contributed by atoms with Crippen molar-refractivity contribution >= 4 is 5.97 Å². The smallest absolute Gasteiger partial charge is 0.327 e. The minimum atomic E-state index is -0.269. The number of hydrogen-bond acceptors (Lipinski definition) is 3. The maximum Gasteiger partial charge on any atom is 0.327 e. The van der Waals surface area contributed by atoms with E-state index in [9.17, 15) is 4.79 Å². The SMILES string of the molecule is CCOC(=O)Cn1c[c]c(C)n1. The van der Waals surface area contributed by atoms with Gasteiger partial charge in [0.05, 0.1) is 12.3 Å². The lowest BCUT2D eigenvalue weighted by atomic mass is 10.5. The van der Waals surface area contributed by atoms with Crippen LogP contribution in [-0.4, -0.2) is 22.4 Å². The molecule has 0 amide bonds. The third kappa shape index (κ3) is 2.38. The van der Waals surface area contributed by atoms with Crippen molar-refractivity contribution in [2.75, 3.05) is 6.61 Å². The Bertz CT molecular complexity index is 268. The molecule has 0 fully saturated rings. The van der Waals surface area contributed by atoms with Gasteiger partial charge >= 0.3 is 5.97 Å². The lowest BCUT2D eigenvalue weighted by Crippen LogP contribution is -2.13. The van der Waals surface area contributed by atoms with Crippen LogP contribution in [0.3, 0.4) is 0 Å². The molecule has 0 atom stereocenters. The topological polar surface area (TPSA) is 44.1 Å². The van der Waals surface area contributed by atoms with Crippen LogP contribution in [0, 0.1) is 13.0 Å². The van der Waals surface area contributed by atoms with Crippen LogP contribution in [0.2, 0.25) is 0 Å². The summed E-state index contributed by atoms with van der Waals surface area (Å²) in [4.78, 5) is 10.9. The van der Waals surface area contributed by atoms with Crippen molar-refractivity contribution in [3.05, 3.63) is 18.0 Å². The Morgan fingerprint density at radius 2 is 2.58 bits per heavy atom. The Labute approximate surface area is 71.1 Å². The molecule has 65 valence electrons. The third-order valence-corrected chi connectivity index (χ3v) is 1.30. The molecule has 0 aromatic carbocycles. The molecule has 0 bridgehead atoms. The fourth-order valence-electron chi connectivity index (χ4n) is 0.838. The Morgan fingerprint density at radius 1 is 1.83 bits per heavy atom. The molecule has 1 aromatic rings. The Morgan fingerprint density at radius 3 is 3.08 bits per heavy atom. The van der Waals surface area contributed by atoms with Crippen molar-refractivity contribution in [1.29, 1.82) is 0 Å². The Balaban J connectivity index is 2.46. The highest BCUT2D eigenvalue weighted by molar-refractivity contribution is 5.68. The normalized spacial score (nSPS) is 9.83. The highest BCUT2D eigenvalue weighted by atomic mass is 16.5. The molecule has 0 aliphatic heterocycles. The van der Waals surface area contributed by atoms with Crippen LogP contribution in [0.15, 0.2) is 6.20 Å². The minimum absolute atomic E-state index is 0.165. The summed E-state index contributed by atoms with van der Waals surface area (Å²) in [5.74, 6) is -0.269. The number of ether oxygens (including phenoxy) is 1. The van der Waals surface area contributed by atoms with Crippen LogP contribution in [0.25, 0.3) is 0 Å². The van der Waals surface area contributed by atoms with E-state index < -0.39 is 0 Å². The number of hydrogen-bond donors (Lipinski definition) is 0. The number of aryl methyl sites for hydroxylation is 1. The Hall–Kier alpha value is -1.32. The lowest BCUT2D eigenvalue weighted by molar-refractivity contribution is -0.144. The maximum absolute atomic E-state index is 10.9.